The number of amides is 1. The lowest BCUT2D eigenvalue weighted by molar-refractivity contribution is -0.140. The predicted octanol–water partition coefficient (Wildman–Crippen LogP) is 5.75. The SMILES string of the molecule is CCN(CC)CCCN1C(=O)C(=O)C(=C(O)c2ccc3c(c2)C[C@@H](C)O3)[C@@H]1c1ccc(OCc2ccccc2)c(OC)c1. The summed E-state index contributed by atoms with van der Waals surface area (Å²) in [6.07, 6.45) is 1.44. The number of fused-ring (bicyclic) bond motifs is 1. The normalized spacial score (nSPS) is 19.0. The van der Waals surface area contributed by atoms with Crippen LogP contribution in [0, 0.1) is 0 Å². The van der Waals surface area contributed by atoms with Crippen LogP contribution in [-0.2, 0) is 22.6 Å². The van der Waals surface area contributed by atoms with Gasteiger partial charge in [0.15, 0.2) is 11.5 Å². The summed E-state index contributed by atoms with van der Waals surface area (Å²) >= 11 is 0. The molecular weight excluding hydrogens is 544 g/mol. The Bertz CT molecular complexity index is 1500. The highest BCUT2D eigenvalue weighted by Crippen LogP contribution is 2.43. The summed E-state index contributed by atoms with van der Waals surface area (Å²) in [6, 6.07) is 19.9. The minimum absolute atomic E-state index is 0.0406. The zero-order valence-corrected chi connectivity index (χ0v) is 25.3. The molecule has 0 aromatic heterocycles. The lowest BCUT2D eigenvalue weighted by Crippen LogP contribution is -2.33. The second-order valence-corrected chi connectivity index (χ2v) is 11.0. The van der Waals surface area contributed by atoms with Gasteiger partial charge < -0.3 is 29.1 Å². The summed E-state index contributed by atoms with van der Waals surface area (Å²) < 4.78 is 17.6. The van der Waals surface area contributed by atoms with E-state index in [1.807, 2.05) is 55.5 Å². The van der Waals surface area contributed by atoms with Crippen molar-refractivity contribution in [3.8, 4) is 17.2 Å². The first kappa shape index (κ1) is 30.2. The Balaban J connectivity index is 1.52. The molecule has 0 radical (unpaired) electrons. The lowest BCUT2D eigenvalue weighted by atomic mass is 9.94. The molecule has 5 rings (SSSR count). The summed E-state index contributed by atoms with van der Waals surface area (Å²) in [5, 5.41) is 11.6. The number of Topliss-reactive ketones (excluding diaryl/α,β-unsaturated/α-hetero) is 1. The van der Waals surface area contributed by atoms with E-state index in [0.29, 0.717) is 48.6 Å². The number of rotatable bonds is 12. The van der Waals surface area contributed by atoms with Gasteiger partial charge in [-0.15, -0.1) is 0 Å². The van der Waals surface area contributed by atoms with E-state index in [1.165, 1.54) is 0 Å². The maximum absolute atomic E-state index is 13.6. The van der Waals surface area contributed by atoms with Gasteiger partial charge in [-0.05, 0) is 80.0 Å². The molecule has 0 spiro atoms. The zero-order valence-electron chi connectivity index (χ0n) is 25.3. The summed E-state index contributed by atoms with van der Waals surface area (Å²) in [5.74, 6) is 0.284. The minimum Gasteiger partial charge on any atom is -0.507 e. The van der Waals surface area contributed by atoms with Crippen molar-refractivity contribution in [2.24, 2.45) is 0 Å². The molecule has 226 valence electrons. The average Bonchev–Trinajstić information content (AvgIpc) is 3.53. The number of carbonyl (C=O) groups is 2. The largest absolute Gasteiger partial charge is 0.507 e. The van der Waals surface area contributed by atoms with Crippen LogP contribution in [0.3, 0.4) is 0 Å². The first-order chi connectivity index (χ1) is 20.8. The van der Waals surface area contributed by atoms with Gasteiger partial charge in [-0.1, -0.05) is 50.2 Å². The quantitative estimate of drug-likeness (QED) is 0.165. The number of carbonyl (C=O) groups excluding carboxylic acids is 2. The Labute approximate surface area is 253 Å². The molecule has 1 amide bonds. The van der Waals surface area contributed by atoms with Crippen LogP contribution in [0.1, 0.15) is 55.5 Å². The van der Waals surface area contributed by atoms with E-state index in [4.69, 9.17) is 14.2 Å². The number of nitrogens with zero attached hydrogens (tertiary/aromatic N) is 2. The number of hydrogen-bond acceptors (Lipinski definition) is 7. The molecule has 3 aromatic rings. The Morgan fingerprint density at radius 3 is 2.51 bits per heavy atom. The molecule has 3 aromatic carbocycles. The number of aliphatic hydroxyl groups excluding tert-OH is 1. The second-order valence-electron chi connectivity index (χ2n) is 11.0. The Morgan fingerprint density at radius 2 is 1.79 bits per heavy atom. The van der Waals surface area contributed by atoms with Crippen molar-refractivity contribution in [1.29, 1.82) is 0 Å². The number of ketones is 1. The number of hydrogen-bond donors (Lipinski definition) is 1. The van der Waals surface area contributed by atoms with Gasteiger partial charge in [-0.25, -0.2) is 0 Å². The van der Waals surface area contributed by atoms with Gasteiger partial charge >= 0.3 is 0 Å². The maximum Gasteiger partial charge on any atom is 0.295 e. The topological polar surface area (TPSA) is 88.5 Å². The van der Waals surface area contributed by atoms with Crippen molar-refractivity contribution in [2.75, 3.05) is 33.3 Å². The Morgan fingerprint density at radius 1 is 1.02 bits per heavy atom. The van der Waals surface area contributed by atoms with E-state index in [0.717, 1.165) is 36.5 Å². The first-order valence-corrected chi connectivity index (χ1v) is 15.0. The van der Waals surface area contributed by atoms with Crippen molar-refractivity contribution >= 4 is 17.4 Å². The van der Waals surface area contributed by atoms with Gasteiger partial charge in [0.1, 0.15) is 24.2 Å². The fourth-order valence-corrected chi connectivity index (χ4v) is 5.90. The van der Waals surface area contributed by atoms with Crippen molar-refractivity contribution in [3.05, 3.63) is 94.6 Å². The highest BCUT2D eigenvalue weighted by molar-refractivity contribution is 6.46. The van der Waals surface area contributed by atoms with Gasteiger partial charge in [-0.3, -0.25) is 9.59 Å². The van der Waals surface area contributed by atoms with Gasteiger partial charge in [0.25, 0.3) is 11.7 Å². The summed E-state index contributed by atoms with van der Waals surface area (Å²) in [7, 11) is 1.56. The number of ether oxygens (including phenoxy) is 3. The van der Waals surface area contributed by atoms with Crippen LogP contribution in [0.5, 0.6) is 17.2 Å². The highest BCUT2D eigenvalue weighted by Gasteiger charge is 2.46. The smallest absolute Gasteiger partial charge is 0.295 e. The molecule has 2 heterocycles. The third-order valence-corrected chi connectivity index (χ3v) is 8.22. The molecule has 2 atom stereocenters. The van der Waals surface area contributed by atoms with Gasteiger partial charge in [0.05, 0.1) is 18.7 Å². The molecule has 0 saturated carbocycles. The summed E-state index contributed by atoms with van der Waals surface area (Å²) in [5.41, 5.74) is 3.19. The lowest BCUT2D eigenvalue weighted by Gasteiger charge is -2.27. The van der Waals surface area contributed by atoms with Crippen molar-refractivity contribution in [3.63, 3.8) is 0 Å². The molecule has 0 unspecified atom stereocenters. The third kappa shape index (κ3) is 6.39. The van der Waals surface area contributed by atoms with Gasteiger partial charge in [0.2, 0.25) is 0 Å². The summed E-state index contributed by atoms with van der Waals surface area (Å²) in [4.78, 5) is 31.0. The van der Waals surface area contributed by atoms with Crippen LogP contribution in [0.25, 0.3) is 5.76 Å². The molecule has 2 aliphatic rings. The Kier molecular flexibility index (Phi) is 9.36. The van der Waals surface area contributed by atoms with E-state index in [9.17, 15) is 14.7 Å². The van der Waals surface area contributed by atoms with E-state index >= 15 is 0 Å². The zero-order chi connectivity index (χ0) is 30.5. The van der Waals surface area contributed by atoms with Crippen LogP contribution in [0.15, 0.2) is 72.3 Å². The van der Waals surface area contributed by atoms with Crippen molar-refractivity contribution < 1.29 is 28.9 Å². The molecule has 0 aliphatic carbocycles. The van der Waals surface area contributed by atoms with E-state index < -0.39 is 17.7 Å². The summed E-state index contributed by atoms with van der Waals surface area (Å²) in [6.45, 7) is 9.53. The predicted molar refractivity (Wildman–Crippen MR) is 165 cm³/mol. The highest BCUT2D eigenvalue weighted by atomic mass is 16.5. The molecule has 1 fully saturated rings. The molecule has 8 nitrogen and oxygen atoms in total. The minimum atomic E-state index is -0.780. The molecule has 43 heavy (non-hydrogen) atoms. The van der Waals surface area contributed by atoms with Crippen molar-refractivity contribution in [1.82, 2.24) is 9.80 Å². The van der Waals surface area contributed by atoms with Crippen LogP contribution < -0.4 is 14.2 Å². The fraction of sp³-hybridized carbons (Fsp3) is 0.371. The average molecular weight is 585 g/mol. The molecule has 8 heteroatoms. The van der Waals surface area contributed by atoms with E-state index in [-0.39, 0.29) is 17.4 Å². The number of likely N-dealkylation sites (tertiary alicyclic amines) is 1. The van der Waals surface area contributed by atoms with Crippen LogP contribution in [0.4, 0.5) is 0 Å². The monoisotopic (exact) mass is 584 g/mol. The van der Waals surface area contributed by atoms with E-state index in [1.54, 1.807) is 30.2 Å². The third-order valence-electron chi connectivity index (χ3n) is 8.22. The van der Waals surface area contributed by atoms with Gasteiger partial charge in [-0.2, -0.15) is 0 Å². The van der Waals surface area contributed by atoms with Crippen LogP contribution in [-0.4, -0.2) is 66.0 Å². The number of methoxy groups -OCH3 is 1. The first-order valence-electron chi connectivity index (χ1n) is 15.0. The fourth-order valence-electron chi connectivity index (χ4n) is 5.90. The number of benzene rings is 3. The van der Waals surface area contributed by atoms with E-state index in [2.05, 4.69) is 18.7 Å². The Hall–Kier alpha value is -4.30. The second kappa shape index (κ2) is 13.3. The van der Waals surface area contributed by atoms with Crippen LogP contribution in [0.2, 0.25) is 0 Å². The molecule has 0 bridgehead atoms. The molecular formula is C35H40N2O6. The molecule has 1 N–H and O–H groups in total. The maximum atomic E-state index is 13.6. The van der Waals surface area contributed by atoms with Crippen LogP contribution >= 0.6 is 0 Å². The molecule has 1 saturated heterocycles. The van der Waals surface area contributed by atoms with Gasteiger partial charge in [0, 0.05) is 18.5 Å². The van der Waals surface area contributed by atoms with Crippen molar-refractivity contribution in [2.45, 2.75) is 52.4 Å². The molecule has 2 aliphatic heterocycles. The number of aliphatic hydroxyl groups is 1. The standard InChI is InChI=1S/C35H40N2O6/c1-5-36(6-2)17-10-18-37-32(25-13-16-29(30(21-25)41-4)42-22-24-11-8-7-9-12-24)31(34(39)35(37)40)33(38)26-14-15-28-27(20-26)19-23(3)43-28/h7-9,11-16,20-21,23,32,38H,5-6,10,17-19,22H2,1-4H3/t23-,32+/m1/s1.